The number of carbonyl (C=O) groups excluding carboxylic acids is 1. The van der Waals surface area contributed by atoms with Crippen LogP contribution in [0.15, 0.2) is 53.0 Å². The Morgan fingerprint density at radius 3 is 2.29 bits per heavy atom. The van der Waals surface area contributed by atoms with Crippen LogP contribution in [0.5, 0.6) is 0 Å². The van der Waals surface area contributed by atoms with Gasteiger partial charge in [-0.15, -0.1) is 0 Å². The fourth-order valence-electron chi connectivity index (χ4n) is 4.01. The highest BCUT2D eigenvalue weighted by atomic mass is 16.2. The van der Waals surface area contributed by atoms with Gasteiger partial charge in [0, 0.05) is 30.6 Å². The molecule has 0 radical (unpaired) electrons. The predicted molar refractivity (Wildman–Crippen MR) is 132 cm³/mol. The lowest BCUT2D eigenvalue weighted by atomic mass is 9.95. The SMILES string of the molecule is CCCN(CCC)C(=O)C1=Cc2ccc(-c3ccc(C(C)CC)cc3)cc2N=C(N)C1. The molecule has 4 nitrogen and oxygen atoms in total. The number of hydrogen-bond donors (Lipinski definition) is 1. The van der Waals surface area contributed by atoms with Crippen molar-refractivity contribution in [3.63, 3.8) is 0 Å². The fraction of sp³-hybridized carbons (Fsp3) is 0.407. The van der Waals surface area contributed by atoms with Gasteiger partial charge in [-0.3, -0.25) is 4.79 Å². The first-order chi connectivity index (χ1) is 15.0. The number of benzene rings is 2. The molecule has 31 heavy (non-hydrogen) atoms. The zero-order chi connectivity index (χ0) is 22.4. The van der Waals surface area contributed by atoms with Crippen LogP contribution in [0.3, 0.4) is 0 Å². The van der Waals surface area contributed by atoms with Crippen molar-refractivity contribution in [2.45, 2.75) is 59.3 Å². The Kier molecular flexibility index (Phi) is 7.67. The highest BCUT2D eigenvalue weighted by Crippen LogP contribution is 2.32. The van der Waals surface area contributed by atoms with E-state index in [4.69, 9.17) is 5.73 Å². The number of amides is 1. The van der Waals surface area contributed by atoms with Crippen molar-refractivity contribution in [2.24, 2.45) is 10.7 Å². The maximum atomic E-state index is 13.1. The van der Waals surface area contributed by atoms with Crippen molar-refractivity contribution in [3.8, 4) is 11.1 Å². The fourth-order valence-corrected chi connectivity index (χ4v) is 4.01. The van der Waals surface area contributed by atoms with Crippen molar-refractivity contribution in [3.05, 3.63) is 59.2 Å². The van der Waals surface area contributed by atoms with Crippen LogP contribution in [0, 0.1) is 0 Å². The van der Waals surface area contributed by atoms with E-state index in [1.165, 1.54) is 5.56 Å². The van der Waals surface area contributed by atoms with Gasteiger partial charge in [0.15, 0.2) is 0 Å². The van der Waals surface area contributed by atoms with Crippen LogP contribution in [0.25, 0.3) is 17.2 Å². The van der Waals surface area contributed by atoms with Crippen molar-refractivity contribution >= 4 is 23.5 Å². The minimum atomic E-state index is 0.0689. The third-order valence-corrected chi connectivity index (χ3v) is 5.97. The van der Waals surface area contributed by atoms with Crippen LogP contribution < -0.4 is 5.73 Å². The maximum absolute atomic E-state index is 13.1. The van der Waals surface area contributed by atoms with Crippen LogP contribution in [0.4, 0.5) is 5.69 Å². The monoisotopic (exact) mass is 417 g/mol. The topological polar surface area (TPSA) is 58.7 Å². The smallest absolute Gasteiger partial charge is 0.250 e. The van der Waals surface area contributed by atoms with E-state index in [9.17, 15) is 4.79 Å². The van der Waals surface area contributed by atoms with E-state index < -0.39 is 0 Å². The molecule has 0 aromatic heterocycles. The Morgan fingerprint density at radius 1 is 1.03 bits per heavy atom. The van der Waals surface area contributed by atoms with E-state index in [1.54, 1.807) is 0 Å². The minimum absolute atomic E-state index is 0.0689. The van der Waals surface area contributed by atoms with Crippen LogP contribution >= 0.6 is 0 Å². The Hall–Kier alpha value is -2.88. The Bertz CT molecular complexity index is 966. The number of aliphatic imine (C=N–C) groups is 1. The Morgan fingerprint density at radius 2 is 1.68 bits per heavy atom. The van der Waals surface area contributed by atoms with Crippen molar-refractivity contribution in [1.82, 2.24) is 4.90 Å². The van der Waals surface area contributed by atoms with Crippen LogP contribution in [-0.2, 0) is 4.79 Å². The molecule has 1 amide bonds. The first kappa shape index (κ1) is 22.8. The molecule has 1 unspecified atom stereocenters. The zero-order valence-corrected chi connectivity index (χ0v) is 19.3. The Labute approximate surface area is 186 Å². The second kappa shape index (κ2) is 10.4. The molecule has 0 saturated heterocycles. The standard InChI is InChI=1S/C27H35N3O/c1-5-14-30(15-6-2)27(31)24-16-23-13-12-22(17-25(23)29-26(28)18-24)21-10-8-20(9-11-21)19(4)7-3/h8-13,16-17,19H,5-7,14-15,18H2,1-4H3,(H2,28,29). The second-order valence-electron chi connectivity index (χ2n) is 8.45. The van der Waals surface area contributed by atoms with Crippen LogP contribution in [0.1, 0.15) is 70.4 Å². The molecular weight excluding hydrogens is 382 g/mol. The normalized spacial score (nSPS) is 14.2. The van der Waals surface area contributed by atoms with Crippen LogP contribution in [-0.4, -0.2) is 29.7 Å². The first-order valence-corrected chi connectivity index (χ1v) is 11.5. The largest absolute Gasteiger partial charge is 0.387 e. The molecule has 1 atom stereocenters. The lowest BCUT2D eigenvalue weighted by Gasteiger charge is -2.22. The summed E-state index contributed by atoms with van der Waals surface area (Å²) in [6, 6.07) is 15.0. The molecule has 2 N–H and O–H groups in total. The summed E-state index contributed by atoms with van der Waals surface area (Å²) < 4.78 is 0. The number of fused-ring (bicyclic) bond motifs is 1. The molecule has 1 aliphatic heterocycles. The van der Waals surface area contributed by atoms with Gasteiger partial charge in [-0.2, -0.15) is 0 Å². The summed E-state index contributed by atoms with van der Waals surface area (Å²) in [5.41, 5.74) is 12.3. The Balaban J connectivity index is 1.92. The number of rotatable bonds is 8. The molecular formula is C27H35N3O. The minimum Gasteiger partial charge on any atom is -0.387 e. The lowest BCUT2D eigenvalue weighted by molar-refractivity contribution is -0.127. The number of nitrogens with two attached hydrogens (primary N) is 1. The summed E-state index contributed by atoms with van der Waals surface area (Å²) in [5.74, 6) is 1.11. The van der Waals surface area contributed by atoms with Gasteiger partial charge in [-0.1, -0.05) is 64.1 Å². The summed E-state index contributed by atoms with van der Waals surface area (Å²) in [4.78, 5) is 19.7. The maximum Gasteiger partial charge on any atom is 0.250 e. The summed E-state index contributed by atoms with van der Waals surface area (Å²) in [5, 5.41) is 0. The van der Waals surface area contributed by atoms with Gasteiger partial charge in [-0.05, 0) is 54.0 Å². The average Bonchev–Trinajstić information content (AvgIpc) is 2.95. The molecule has 0 spiro atoms. The molecule has 0 fully saturated rings. The highest BCUT2D eigenvalue weighted by Gasteiger charge is 2.21. The molecule has 2 aromatic carbocycles. The lowest BCUT2D eigenvalue weighted by Crippen LogP contribution is -2.34. The van der Waals surface area contributed by atoms with Crippen LogP contribution in [0.2, 0.25) is 0 Å². The molecule has 0 saturated carbocycles. The molecule has 2 aromatic rings. The third kappa shape index (κ3) is 5.43. The predicted octanol–water partition coefficient (Wildman–Crippen LogP) is 6.29. The molecule has 1 heterocycles. The van der Waals surface area contributed by atoms with Gasteiger partial charge in [0.25, 0.3) is 0 Å². The van der Waals surface area contributed by atoms with E-state index in [1.807, 2.05) is 17.0 Å². The number of hydrogen-bond acceptors (Lipinski definition) is 3. The molecule has 0 aliphatic carbocycles. The molecule has 1 aliphatic rings. The van der Waals surface area contributed by atoms with Gasteiger partial charge in [0.1, 0.15) is 5.84 Å². The molecule has 4 heteroatoms. The average molecular weight is 418 g/mol. The number of carbonyl (C=O) groups is 1. The van der Waals surface area contributed by atoms with Gasteiger partial charge in [0.2, 0.25) is 5.91 Å². The first-order valence-electron chi connectivity index (χ1n) is 11.5. The summed E-state index contributed by atoms with van der Waals surface area (Å²) in [6.07, 6.45) is 5.37. The summed E-state index contributed by atoms with van der Waals surface area (Å²) >= 11 is 0. The highest BCUT2D eigenvalue weighted by molar-refractivity contribution is 6.05. The van der Waals surface area contributed by atoms with Crippen molar-refractivity contribution < 1.29 is 4.79 Å². The molecule has 164 valence electrons. The van der Waals surface area contributed by atoms with Crippen molar-refractivity contribution in [2.75, 3.05) is 13.1 Å². The van der Waals surface area contributed by atoms with Gasteiger partial charge in [-0.25, -0.2) is 4.99 Å². The summed E-state index contributed by atoms with van der Waals surface area (Å²) in [6.45, 7) is 10.2. The number of amidine groups is 1. The van der Waals surface area contributed by atoms with E-state index in [0.29, 0.717) is 23.7 Å². The van der Waals surface area contributed by atoms with Gasteiger partial charge in [0.05, 0.1) is 5.69 Å². The van der Waals surface area contributed by atoms with E-state index in [2.05, 4.69) is 69.1 Å². The number of nitrogens with zero attached hydrogens (tertiary/aromatic N) is 2. The quantitative estimate of drug-likeness (QED) is 0.548. The van der Waals surface area contributed by atoms with E-state index in [0.717, 1.165) is 54.7 Å². The van der Waals surface area contributed by atoms with Crippen molar-refractivity contribution in [1.29, 1.82) is 0 Å². The third-order valence-electron chi connectivity index (χ3n) is 5.97. The summed E-state index contributed by atoms with van der Waals surface area (Å²) in [7, 11) is 0. The second-order valence-corrected chi connectivity index (χ2v) is 8.45. The molecule has 0 bridgehead atoms. The molecule has 3 rings (SSSR count). The van der Waals surface area contributed by atoms with Gasteiger partial charge < -0.3 is 10.6 Å². The van der Waals surface area contributed by atoms with E-state index >= 15 is 0 Å². The van der Waals surface area contributed by atoms with E-state index in [-0.39, 0.29) is 5.91 Å². The zero-order valence-electron chi connectivity index (χ0n) is 19.3. The van der Waals surface area contributed by atoms with Gasteiger partial charge >= 0.3 is 0 Å².